The Labute approximate surface area is 206 Å². The van der Waals surface area contributed by atoms with E-state index in [0.717, 1.165) is 0 Å². The van der Waals surface area contributed by atoms with Crippen molar-refractivity contribution < 1.29 is 28.6 Å². The van der Waals surface area contributed by atoms with Gasteiger partial charge in [0, 0.05) is 11.3 Å². The van der Waals surface area contributed by atoms with Gasteiger partial charge >= 0.3 is 5.97 Å². The van der Waals surface area contributed by atoms with Crippen molar-refractivity contribution in [2.45, 2.75) is 78.0 Å². The smallest absolute Gasteiger partial charge is 0.311 e. The third-order valence-corrected chi connectivity index (χ3v) is 10.2. The molecule has 7 heteroatoms. The molecule has 0 amide bonds. The number of hydrogen-bond acceptors (Lipinski definition) is 5. The molecule has 0 radical (unpaired) electrons. The summed E-state index contributed by atoms with van der Waals surface area (Å²) in [5.41, 5.74) is -1.97. The van der Waals surface area contributed by atoms with Crippen LogP contribution in [0.25, 0.3) is 0 Å². The number of ketones is 2. The highest BCUT2D eigenvalue weighted by Gasteiger charge is 2.71. The lowest BCUT2D eigenvalue weighted by atomic mass is 9.46. The van der Waals surface area contributed by atoms with Crippen LogP contribution in [0.5, 0.6) is 0 Å². The van der Waals surface area contributed by atoms with Crippen LogP contribution in [0, 0.1) is 39.9 Å². The Hall–Kier alpha value is -1.53. The van der Waals surface area contributed by atoms with Crippen LogP contribution in [0.1, 0.15) is 60.8 Å². The third kappa shape index (κ3) is 3.46. The first-order chi connectivity index (χ1) is 15.6. The number of ether oxygens (including phenoxy) is 1. The molecule has 3 fully saturated rings. The molecule has 0 heterocycles. The number of esters is 1. The minimum atomic E-state index is -1.34. The van der Waals surface area contributed by atoms with Crippen LogP contribution in [0.15, 0.2) is 23.8 Å². The van der Waals surface area contributed by atoms with Gasteiger partial charge in [0.15, 0.2) is 11.6 Å². The number of aliphatic hydroxyl groups excluding tert-OH is 1. The molecule has 1 N–H and O–H groups in total. The Bertz CT molecular complexity index is 982. The molecule has 4 aliphatic carbocycles. The van der Waals surface area contributed by atoms with Gasteiger partial charge in [-0.05, 0) is 80.9 Å². The largest absolute Gasteiger partial charge is 0.457 e. The van der Waals surface area contributed by atoms with Gasteiger partial charge in [-0.2, -0.15) is 0 Å². The number of Topliss-reactive ketones (excluding diaryl/α,β-unsaturated/α-hetero) is 1. The van der Waals surface area contributed by atoms with Gasteiger partial charge in [0.25, 0.3) is 0 Å². The Balaban J connectivity index is 1.67. The molecule has 4 rings (SSSR count). The van der Waals surface area contributed by atoms with Crippen molar-refractivity contribution in [2.24, 2.45) is 39.9 Å². The molecular weight excluding hydrogens is 459 g/mol. The molecule has 5 nitrogen and oxygen atoms in total. The summed E-state index contributed by atoms with van der Waals surface area (Å²) < 4.78 is 20.9. The van der Waals surface area contributed by atoms with E-state index < -0.39 is 45.3 Å². The number of alkyl halides is 2. The van der Waals surface area contributed by atoms with E-state index in [-0.39, 0.29) is 48.8 Å². The Morgan fingerprint density at radius 2 is 1.88 bits per heavy atom. The van der Waals surface area contributed by atoms with E-state index in [1.807, 2.05) is 20.8 Å². The van der Waals surface area contributed by atoms with Gasteiger partial charge in [0.1, 0.15) is 12.8 Å². The lowest BCUT2D eigenvalue weighted by molar-refractivity contribution is -0.159. The number of fused-ring (bicyclic) bond motifs is 5. The fourth-order valence-electron chi connectivity index (χ4n) is 7.70. The predicted octanol–water partition coefficient (Wildman–Crippen LogP) is 4.60. The maximum Gasteiger partial charge on any atom is 0.311 e. The normalized spacial score (nSPS) is 45.7. The molecule has 0 saturated heterocycles. The molecular formula is C27H36ClFO5. The number of carbonyl (C=O) groups is 3. The Kier molecular flexibility index (Phi) is 6.01. The van der Waals surface area contributed by atoms with Gasteiger partial charge in [-0.3, -0.25) is 14.4 Å². The maximum atomic E-state index is 15.5. The zero-order valence-electron chi connectivity index (χ0n) is 20.9. The first-order valence-corrected chi connectivity index (χ1v) is 12.6. The molecule has 0 aliphatic heterocycles. The zero-order chi connectivity index (χ0) is 25.4. The van der Waals surface area contributed by atoms with Gasteiger partial charge in [-0.1, -0.05) is 26.8 Å². The lowest BCUT2D eigenvalue weighted by Crippen LogP contribution is -2.67. The third-order valence-electron chi connectivity index (χ3n) is 9.27. The van der Waals surface area contributed by atoms with Crippen LogP contribution in [0.2, 0.25) is 0 Å². The predicted molar refractivity (Wildman–Crippen MR) is 127 cm³/mol. The van der Waals surface area contributed by atoms with Crippen molar-refractivity contribution in [1.82, 2.24) is 0 Å². The minimum absolute atomic E-state index is 0.0201. The van der Waals surface area contributed by atoms with E-state index in [9.17, 15) is 19.5 Å². The number of aliphatic hydroxyl groups is 1. The highest BCUT2D eigenvalue weighted by molar-refractivity contribution is 6.26. The van der Waals surface area contributed by atoms with Crippen molar-refractivity contribution in [3.8, 4) is 0 Å². The van der Waals surface area contributed by atoms with Crippen LogP contribution in [-0.4, -0.2) is 46.4 Å². The van der Waals surface area contributed by atoms with Gasteiger partial charge in [0.2, 0.25) is 0 Å². The Morgan fingerprint density at radius 1 is 1.24 bits per heavy atom. The fourth-order valence-corrected chi connectivity index (χ4v) is 8.19. The molecule has 0 aromatic carbocycles. The topological polar surface area (TPSA) is 80.7 Å². The van der Waals surface area contributed by atoms with E-state index >= 15 is 4.39 Å². The second-order valence-electron chi connectivity index (χ2n) is 12.4. The van der Waals surface area contributed by atoms with Crippen LogP contribution in [0.3, 0.4) is 0 Å². The highest BCUT2D eigenvalue weighted by Crippen LogP contribution is 2.70. The summed E-state index contributed by atoms with van der Waals surface area (Å²) in [7, 11) is 0. The van der Waals surface area contributed by atoms with E-state index in [4.69, 9.17) is 16.3 Å². The number of rotatable bonds is 3. The van der Waals surface area contributed by atoms with Gasteiger partial charge < -0.3 is 9.84 Å². The van der Waals surface area contributed by atoms with Crippen LogP contribution in [-0.2, 0) is 19.1 Å². The summed E-state index contributed by atoms with van der Waals surface area (Å²) in [6, 6.07) is 0. The number of hydrogen-bond donors (Lipinski definition) is 1. The summed E-state index contributed by atoms with van der Waals surface area (Å²) in [5, 5.41) is 11.5. The molecule has 0 spiro atoms. The number of halogens is 2. The quantitative estimate of drug-likeness (QED) is 0.458. The van der Waals surface area contributed by atoms with Gasteiger partial charge in [-0.25, -0.2) is 4.39 Å². The van der Waals surface area contributed by atoms with E-state index in [2.05, 4.69) is 0 Å². The summed E-state index contributed by atoms with van der Waals surface area (Å²) in [6.07, 6.45) is 3.13. The Morgan fingerprint density at radius 3 is 2.50 bits per heavy atom. The molecule has 0 aromatic heterocycles. The lowest BCUT2D eigenvalue weighted by Gasteiger charge is -2.63. The second-order valence-corrected chi connectivity index (χ2v) is 13.1. The van der Waals surface area contributed by atoms with Crippen LogP contribution in [0.4, 0.5) is 4.39 Å². The van der Waals surface area contributed by atoms with E-state index in [0.29, 0.717) is 12.0 Å². The molecule has 9 atom stereocenters. The molecule has 4 aliphatic rings. The minimum Gasteiger partial charge on any atom is -0.457 e. The average Bonchev–Trinajstić information content (AvgIpc) is 2.99. The molecule has 1 unspecified atom stereocenters. The van der Waals surface area contributed by atoms with Crippen molar-refractivity contribution in [3.63, 3.8) is 0 Å². The summed E-state index contributed by atoms with van der Waals surface area (Å²) in [5.74, 6) is -1.77. The first kappa shape index (κ1) is 25.6. The zero-order valence-corrected chi connectivity index (χ0v) is 21.6. The maximum absolute atomic E-state index is 15.5. The monoisotopic (exact) mass is 494 g/mol. The SMILES string of the molecule is C[C@@H]1C[C@H]2[C@@H]3C[C@H](F)C4=CC(=O)C=CC4(C)[C@@]3(Cl)[C@@H](O)C[C@]2(C)[C@H]1C(=O)COC(=O)C(C)(C)C. The molecule has 0 aromatic rings. The van der Waals surface area contributed by atoms with E-state index in [1.165, 1.54) is 12.2 Å². The summed E-state index contributed by atoms with van der Waals surface area (Å²) in [6.45, 7) is 10.7. The van der Waals surface area contributed by atoms with Crippen LogP contribution >= 0.6 is 11.6 Å². The molecule has 3 saturated carbocycles. The fraction of sp³-hybridized carbons (Fsp3) is 0.741. The van der Waals surface area contributed by atoms with Crippen molar-refractivity contribution in [1.29, 1.82) is 0 Å². The highest BCUT2D eigenvalue weighted by atomic mass is 35.5. The van der Waals surface area contributed by atoms with Gasteiger partial charge in [-0.15, -0.1) is 11.6 Å². The van der Waals surface area contributed by atoms with Crippen molar-refractivity contribution in [3.05, 3.63) is 23.8 Å². The number of allylic oxidation sites excluding steroid dienone is 4. The summed E-state index contributed by atoms with van der Waals surface area (Å²) >= 11 is 7.34. The van der Waals surface area contributed by atoms with Crippen LogP contribution < -0.4 is 0 Å². The molecule has 0 bridgehead atoms. The first-order valence-electron chi connectivity index (χ1n) is 12.2. The molecule has 188 valence electrons. The van der Waals surface area contributed by atoms with Crippen molar-refractivity contribution >= 4 is 29.1 Å². The van der Waals surface area contributed by atoms with Gasteiger partial charge in [0.05, 0.1) is 16.4 Å². The van der Waals surface area contributed by atoms with E-state index in [1.54, 1.807) is 26.8 Å². The summed E-state index contributed by atoms with van der Waals surface area (Å²) in [4.78, 5) is 36.4. The average molecular weight is 495 g/mol. The standard InChI is InChI=1S/C27H36ClFO5/c1-14-9-16-17-11-19(29)18-10-15(30)7-8-26(18,6)27(17,28)21(32)12-25(16,5)22(14)20(31)13-34-23(33)24(2,3)4/h7-8,10,14,16-17,19,21-22,32H,9,11-13H2,1-6H3/t14-,16+,17+,19+,21+,22-,25+,26?,27+/m1/s1. The second kappa shape index (κ2) is 7.99. The van der Waals surface area contributed by atoms with Crippen molar-refractivity contribution in [2.75, 3.05) is 6.61 Å². The molecule has 34 heavy (non-hydrogen) atoms. The number of carbonyl (C=O) groups excluding carboxylic acids is 3.